The van der Waals surface area contributed by atoms with Crippen molar-refractivity contribution in [2.45, 2.75) is 16.5 Å². The second-order valence-corrected chi connectivity index (χ2v) is 8.52. The number of hydrogen-bond donors (Lipinski definition) is 2. The number of rotatable bonds is 6. The quantitative estimate of drug-likeness (QED) is 0.455. The minimum atomic E-state index is -0.132. The van der Waals surface area contributed by atoms with E-state index in [9.17, 15) is 4.79 Å². The van der Waals surface area contributed by atoms with Crippen LogP contribution in [0.2, 0.25) is 0 Å². The summed E-state index contributed by atoms with van der Waals surface area (Å²) in [4.78, 5) is 19.7. The lowest BCUT2D eigenvalue weighted by Crippen LogP contribution is -2.12. The van der Waals surface area contributed by atoms with Crippen molar-refractivity contribution in [2.75, 3.05) is 12.4 Å². The van der Waals surface area contributed by atoms with Crippen LogP contribution in [0.4, 0.5) is 10.8 Å². The molecule has 4 aromatic rings. The molecule has 2 aromatic heterocycles. The normalized spacial score (nSPS) is 12.1. The number of aromatic nitrogens is 4. The van der Waals surface area contributed by atoms with E-state index in [1.165, 1.54) is 23.1 Å². The van der Waals surface area contributed by atoms with E-state index in [1.807, 2.05) is 49.4 Å². The number of fused-ring (bicyclic) bond motifs is 1. The number of ether oxygens (including phenoxy) is 1. The Morgan fingerprint density at radius 2 is 1.93 bits per heavy atom. The summed E-state index contributed by atoms with van der Waals surface area (Å²) in [6.07, 6.45) is 0. The molecule has 2 aromatic carbocycles. The van der Waals surface area contributed by atoms with Crippen molar-refractivity contribution in [1.82, 2.24) is 20.2 Å². The molecule has 0 amide bonds. The molecule has 1 unspecified atom stereocenters. The second-order valence-electron chi connectivity index (χ2n) is 5.96. The van der Waals surface area contributed by atoms with Gasteiger partial charge in [-0.25, -0.2) is 4.98 Å². The Kier molecular flexibility index (Phi) is 5.27. The Morgan fingerprint density at radius 3 is 2.71 bits per heavy atom. The third kappa shape index (κ3) is 4.00. The molecule has 0 aliphatic heterocycles. The van der Waals surface area contributed by atoms with Gasteiger partial charge >= 0.3 is 0 Å². The van der Waals surface area contributed by atoms with Crippen LogP contribution in [0.25, 0.3) is 10.9 Å². The van der Waals surface area contributed by atoms with Gasteiger partial charge in [0.25, 0.3) is 5.56 Å². The number of aromatic amines is 1. The average molecular weight is 412 g/mol. The largest absolute Gasteiger partial charge is 0.497 e. The molecular weight excluding hydrogens is 394 g/mol. The highest BCUT2D eigenvalue weighted by molar-refractivity contribution is 8.01. The fraction of sp³-hybridized carbons (Fsp3) is 0.158. The van der Waals surface area contributed by atoms with Crippen LogP contribution in [0.1, 0.15) is 18.0 Å². The second kappa shape index (κ2) is 7.99. The number of hydrogen-bond acceptors (Lipinski definition) is 8. The van der Waals surface area contributed by atoms with Crippen LogP contribution in [0.15, 0.2) is 57.7 Å². The first-order valence-electron chi connectivity index (χ1n) is 8.52. The summed E-state index contributed by atoms with van der Waals surface area (Å²) in [5.74, 6) is 1.42. The Morgan fingerprint density at radius 1 is 1.14 bits per heavy atom. The van der Waals surface area contributed by atoms with E-state index in [0.717, 1.165) is 15.8 Å². The van der Waals surface area contributed by atoms with Crippen molar-refractivity contribution in [2.24, 2.45) is 0 Å². The van der Waals surface area contributed by atoms with Crippen molar-refractivity contribution in [3.8, 4) is 5.75 Å². The van der Waals surface area contributed by atoms with Crippen molar-refractivity contribution in [3.05, 3.63) is 64.7 Å². The van der Waals surface area contributed by atoms with Crippen LogP contribution in [0.5, 0.6) is 5.75 Å². The molecule has 142 valence electrons. The van der Waals surface area contributed by atoms with Gasteiger partial charge in [-0.2, -0.15) is 0 Å². The molecule has 0 saturated heterocycles. The molecule has 1 atom stereocenters. The van der Waals surface area contributed by atoms with Crippen LogP contribution in [-0.2, 0) is 0 Å². The van der Waals surface area contributed by atoms with Crippen LogP contribution in [0.3, 0.4) is 0 Å². The van der Waals surface area contributed by atoms with Gasteiger partial charge in [-0.3, -0.25) is 4.79 Å². The average Bonchev–Trinajstić information content (AvgIpc) is 3.15. The lowest BCUT2D eigenvalue weighted by molar-refractivity contribution is 0.415. The van der Waals surface area contributed by atoms with Gasteiger partial charge in [0.2, 0.25) is 5.13 Å². The summed E-state index contributed by atoms with van der Waals surface area (Å²) in [5, 5.41) is 12.8. The maximum atomic E-state index is 12.3. The first kappa shape index (κ1) is 18.5. The number of H-pyrrole nitrogens is 1. The van der Waals surface area contributed by atoms with Gasteiger partial charge in [0.1, 0.15) is 11.6 Å². The summed E-state index contributed by atoms with van der Waals surface area (Å²) < 4.78 is 5.95. The summed E-state index contributed by atoms with van der Waals surface area (Å²) in [6, 6.07) is 14.9. The molecule has 0 aliphatic rings. The van der Waals surface area contributed by atoms with Gasteiger partial charge in [0.15, 0.2) is 4.34 Å². The minimum absolute atomic E-state index is 0.0703. The number of nitrogens with zero attached hydrogens (tertiary/aromatic N) is 3. The number of para-hydroxylation sites is 1. The molecule has 4 rings (SSSR count). The first-order valence-corrected chi connectivity index (χ1v) is 10.2. The third-order valence-corrected chi connectivity index (χ3v) is 6.07. The van der Waals surface area contributed by atoms with E-state index in [2.05, 4.69) is 25.5 Å². The number of benzene rings is 2. The monoisotopic (exact) mass is 411 g/mol. The number of thioether (sulfide) groups is 1. The standard InChI is InChI=1S/C19H17N5O2S2/c1-11(16-21-15-6-4-3-5-14(15)17(25)22-16)27-19-24-23-18(28-19)20-12-7-9-13(26-2)10-8-12/h3-11H,1-2H3,(H,20,23)(H,21,22,25). The predicted molar refractivity (Wildman–Crippen MR) is 113 cm³/mol. The Bertz CT molecular complexity index is 1160. The van der Waals surface area contributed by atoms with E-state index < -0.39 is 0 Å². The van der Waals surface area contributed by atoms with Gasteiger partial charge in [0.05, 0.1) is 23.3 Å². The predicted octanol–water partition coefficient (Wildman–Crippen LogP) is 4.38. The summed E-state index contributed by atoms with van der Waals surface area (Å²) >= 11 is 2.95. The fourth-order valence-corrected chi connectivity index (χ4v) is 4.58. The SMILES string of the molecule is COc1ccc(Nc2nnc(SC(C)c3nc4ccccc4c(=O)[nH]3)s2)cc1. The van der Waals surface area contributed by atoms with E-state index in [1.54, 1.807) is 13.2 Å². The highest BCUT2D eigenvalue weighted by Gasteiger charge is 2.15. The molecule has 9 heteroatoms. The molecule has 0 aliphatic carbocycles. The van der Waals surface area contributed by atoms with Gasteiger partial charge in [-0.15, -0.1) is 10.2 Å². The van der Waals surface area contributed by atoms with Crippen LogP contribution < -0.4 is 15.6 Å². The third-order valence-electron chi connectivity index (χ3n) is 4.04. The lowest BCUT2D eigenvalue weighted by atomic mass is 10.2. The highest BCUT2D eigenvalue weighted by Crippen LogP contribution is 2.36. The maximum Gasteiger partial charge on any atom is 0.258 e. The Balaban J connectivity index is 1.48. The molecule has 0 saturated carbocycles. The molecular formula is C19H17N5O2S2. The Labute approximate surface area is 169 Å². The number of anilines is 2. The molecule has 2 N–H and O–H groups in total. The summed E-state index contributed by atoms with van der Waals surface area (Å²) in [6.45, 7) is 1.98. The molecule has 0 fully saturated rings. The van der Waals surface area contributed by atoms with Crippen LogP contribution >= 0.6 is 23.1 Å². The lowest BCUT2D eigenvalue weighted by Gasteiger charge is -2.08. The molecule has 2 heterocycles. The zero-order valence-electron chi connectivity index (χ0n) is 15.2. The minimum Gasteiger partial charge on any atom is -0.497 e. The van der Waals surface area contributed by atoms with E-state index in [4.69, 9.17) is 4.74 Å². The van der Waals surface area contributed by atoms with Crippen molar-refractivity contribution in [3.63, 3.8) is 0 Å². The fourth-order valence-electron chi connectivity index (χ4n) is 2.61. The van der Waals surface area contributed by atoms with Gasteiger partial charge in [0, 0.05) is 5.69 Å². The van der Waals surface area contributed by atoms with Crippen LogP contribution in [0, 0.1) is 0 Å². The highest BCUT2D eigenvalue weighted by atomic mass is 32.2. The molecule has 0 spiro atoms. The Hall–Kier alpha value is -2.91. The van der Waals surface area contributed by atoms with E-state index in [0.29, 0.717) is 21.9 Å². The zero-order chi connectivity index (χ0) is 19.5. The number of methoxy groups -OCH3 is 1. The van der Waals surface area contributed by atoms with Crippen molar-refractivity contribution < 1.29 is 4.74 Å². The smallest absolute Gasteiger partial charge is 0.258 e. The molecule has 0 bridgehead atoms. The zero-order valence-corrected chi connectivity index (χ0v) is 16.8. The van der Waals surface area contributed by atoms with Crippen molar-refractivity contribution >= 4 is 44.8 Å². The molecule has 28 heavy (non-hydrogen) atoms. The van der Waals surface area contributed by atoms with E-state index >= 15 is 0 Å². The van der Waals surface area contributed by atoms with Gasteiger partial charge in [-0.05, 0) is 43.3 Å². The van der Waals surface area contributed by atoms with Gasteiger partial charge < -0.3 is 15.0 Å². The van der Waals surface area contributed by atoms with Gasteiger partial charge in [-0.1, -0.05) is 35.2 Å². The maximum absolute atomic E-state index is 12.3. The molecule has 7 nitrogen and oxygen atoms in total. The van der Waals surface area contributed by atoms with Crippen LogP contribution in [-0.4, -0.2) is 27.3 Å². The summed E-state index contributed by atoms with van der Waals surface area (Å²) in [7, 11) is 1.63. The molecule has 0 radical (unpaired) electrons. The summed E-state index contributed by atoms with van der Waals surface area (Å²) in [5.41, 5.74) is 1.46. The first-order chi connectivity index (χ1) is 13.6. The van der Waals surface area contributed by atoms with E-state index in [-0.39, 0.29) is 10.8 Å². The topological polar surface area (TPSA) is 92.8 Å². The number of nitrogens with one attached hydrogen (secondary N) is 2. The van der Waals surface area contributed by atoms with Crippen molar-refractivity contribution in [1.29, 1.82) is 0 Å².